The standard InChI is InChI=1S/C13H23BrN4/c1-4-11-13(14)12(18(3)16-11)9-17(2)8-10-6-5-7-15-10/h10,15H,4-9H2,1-3H3. The Morgan fingerprint density at radius 3 is 2.89 bits per heavy atom. The van der Waals surface area contributed by atoms with Crippen LogP contribution in [0.3, 0.4) is 0 Å². The van der Waals surface area contributed by atoms with Crippen molar-refractivity contribution in [2.45, 2.75) is 38.8 Å². The quantitative estimate of drug-likeness (QED) is 0.901. The summed E-state index contributed by atoms with van der Waals surface area (Å²) in [6, 6.07) is 0.660. The van der Waals surface area contributed by atoms with Crippen molar-refractivity contribution in [2.75, 3.05) is 20.1 Å². The van der Waals surface area contributed by atoms with Gasteiger partial charge in [0.2, 0.25) is 0 Å². The lowest BCUT2D eigenvalue weighted by atomic mass is 10.2. The summed E-state index contributed by atoms with van der Waals surface area (Å²) in [6.07, 6.45) is 3.59. The Hall–Kier alpha value is -0.390. The van der Waals surface area contributed by atoms with E-state index in [2.05, 4.69) is 45.2 Å². The monoisotopic (exact) mass is 314 g/mol. The molecule has 2 rings (SSSR count). The normalized spacial score (nSPS) is 19.9. The lowest BCUT2D eigenvalue weighted by Gasteiger charge is -2.21. The minimum absolute atomic E-state index is 0.660. The van der Waals surface area contributed by atoms with Gasteiger partial charge in [0.25, 0.3) is 0 Å². The summed E-state index contributed by atoms with van der Waals surface area (Å²) in [7, 11) is 4.21. The Morgan fingerprint density at radius 2 is 2.33 bits per heavy atom. The van der Waals surface area contributed by atoms with Gasteiger partial charge in [0, 0.05) is 26.2 Å². The molecule has 102 valence electrons. The number of halogens is 1. The summed E-state index contributed by atoms with van der Waals surface area (Å²) in [6.45, 7) is 5.37. The van der Waals surface area contributed by atoms with Gasteiger partial charge in [-0.15, -0.1) is 0 Å². The van der Waals surface area contributed by atoms with E-state index >= 15 is 0 Å². The Bertz CT molecular complexity index is 396. The number of hydrogen-bond acceptors (Lipinski definition) is 3. The van der Waals surface area contributed by atoms with E-state index in [1.165, 1.54) is 29.6 Å². The molecule has 0 amide bonds. The second-order valence-electron chi connectivity index (χ2n) is 5.17. The van der Waals surface area contributed by atoms with E-state index in [0.717, 1.165) is 25.2 Å². The Labute approximate surface area is 118 Å². The maximum absolute atomic E-state index is 4.54. The molecule has 2 heterocycles. The maximum Gasteiger partial charge on any atom is 0.0767 e. The van der Waals surface area contributed by atoms with E-state index in [4.69, 9.17) is 0 Å². The largest absolute Gasteiger partial charge is 0.313 e. The molecule has 0 radical (unpaired) electrons. The molecule has 18 heavy (non-hydrogen) atoms. The first kappa shape index (κ1) is 14.0. The maximum atomic E-state index is 4.54. The molecule has 0 bridgehead atoms. The van der Waals surface area contributed by atoms with Crippen LogP contribution in [0.25, 0.3) is 0 Å². The van der Waals surface area contributed by atoms with Gasteiger partial charge in [-0.25, -0.2) is 0 Å². The molecular formula is C13H23BrN4. The molecule has 0 aromatic carbocycles. The van der Waals surface area contributed by atoms with Crippen LogP contribution in [0.1, 0.15) is 31.2 Å². The van der Waals surface area contributed by atoms with Crippen molar-refractivity contribution < 1.29 is 0 Å². The minimum atomic E-state index is 0.660. The van der Waals surface area contributed by atoms with Crippen molar-refractivity contribution in [1.82, 2.24) is 20.0 Å². The molecule has 0 aliphatic carbocycles. The predicted molar refractivity (Wildman–Crippen MR) is 77.6 cm³/mol. The van der Waals surface area contributed by atoms with E-state index in [1.807, 2.05) is 11.7 Å². The minimum Gasteiger partial charge on any atom is -0.313 e. The second kappa shape index (κ2) is 6.17. The fourth-order valence-corrected chi connectivity index (χ4v) is 3.34. The van der Waals surface area contributed by atoms with Gasteiger partial charge in [-0.2, -0.15) is 5.10 Å². The molecule has 1 aliphatic rings. The average Bonchev–Trinajstić information content (AvgIpc) is 2.92. The first-order valence-corrected chi connectivity index (χ1v) is 7.53. The number of rotatable bonds is 5. The molecule has 4 nitrogen and oxygen atoms in total. The van der Waals surface area contributed by atoms with Crippen molar-refractivity contribution in [1.29, 1.82) is 0 Å². The van der Waals surface area contributed by atoms with Crippen molar-refractivity contribution in [2.24, 2.45) is 7.05 Å². The zero-order valence-corrected chi connectivity index (χ0v) is 13.1. The topological polar surface area (TPSA) is 33.1 Å². The van der Waals surface area contributed by atoms with Gasteiger partial charge in [0.05, 0.1) is 15.9 Å². The lowest BCUT2D eigenvalue weighted by Crippen LogP contribution is -2.35. The summed E-state index contributed by atoms with van der Waals surface area (Å²) in [5.74, 6) is 0. The third kappa shape index (κ3) is 3.13. The highest BCUT2D eigenvalue weighted by atomic mass is 79.9. The van der Waals surface area contributed by atoms with Crippen LogP contribution >= 0.6 is 15.9 Å². The van der Waals surface area contributed by atoms with Gasteiger partial charge in [-0.3, -0.25) is 9.58 Å². The van der Waals surface area contributed by atoms with Crippen LogP contribution < -0.4 is 5.32 Å². The van der Waals surface area contributed by atoms with Gasteiger partial charge in [-0.1, -0.05) is 6.92 Å². The van der Waals surface area contributed by atoms with Gasteiger partial charge >= 0.3 is 0 Å². The van der Waals surface area contributed by atoms with Gasteiger partial charge in [0.15, 0.2) is 0 Å². The molecule has 1 fully saturated rings. The van der Waals surface area contributed by atoms with E-state index in [0.29, 0.717) is 6.04 Å². The molecule has 1 N–H and O–H groups in total. The zero-order valence-electron chi connectivity index (χ0n) is 11.5. The number of aryl methyl sites for hydroxylation is 2. The summed E-state index contributed by atoms with van der Waals surface area (Å²) in [5, 5.41) is 8.08. The molecule has 1 aromatic heterocycles. The first-order valence-electron chi connectivity index (χ1n) is 6.74. The number of hydrogen-bond donors (Lipinski definition) is 1. The van der Waals surface area contributed by atoms with Gasteiger partial charge < -0.3 is 5.32 Å². The van der Waals surface area contributed by atoms with E-state index in [1.54, 1.807) is 0 Å². The van der Waals surface area contributed by atoms with Crippen LogP contribution in [-0.2, 0) is 20.0 Å². The number of nitrogens with zero attached hydrogens (tertiary/aromatic N) is 3. The summed E-state index contributed by atoms with van der Waals surface area (Å²) in [5.41, 5.74) is 2.42. The highest BCUT2D eigenvalue weighted by Gasteiger charge is 2.18. The fourth-order valence-electron chi connectivity index (χ4n) is 2.60. The molecule has 1 saturated heterocycles. The van der Waals surface area contributed by atoms with Crippen molar-refractivity contribution in [3.8, 4) is 0 Å². The van der Waals surface area contributed by atoms with Gasteiger partial charge in [-0.05, 0) is 48.8 Å². The molecule has 1 unspecified atom stereocenters. The third-order valence-corrected chi connectivity index (χ3v) is 4.53. The number of aromatic nitrogens is 2. The predicted octanol–water partition coefficient (Wildman–Crippen LogP) is 1.93. The molecule has 0 spiro atoms. The van der Waals surface area contributed by atoms with E-state index in [-0.39, 0.29) is 0 Å². The molecule has 1 aliphatic heterocycles. The van der Waals surface area contributed by atoms with Crippen molar-refractivity contribution in [3.05, 3.63) is 15.9 Å². The highest BCUT2D eigenvalue weighted by molar-refractivity contribution is 9.10. The van der Waals surface area contributed by atoms with Gasteiger partial charge in [0.1, 0.15) is 0 Å². The van der Waals surface area contributed by atoms with Crippen LogP contribution in [0.4, 0.5) is 0 Å². The SMILES string of the molecule is CCc1nn(C)c(CN(C)CC2CCCN2)c1Br. The molecule has 5 heteroatoms. The van der Waals surface area contributed by atoms with Crippen LogP contribution in [0, 0.1) is 0 Å². The molecule has 1 aromatic rings. The fraction of sp³-hybridized carbons (Fsp3) is 0.769. The molecular weight excluding hydrogens is 292 g/mol. The Morgan fingerprint density at radius 1 is 1.56 bits per heavy atom. The van der Waals surface area contributed by atoms with Crippen molar-refractivity contribution >= 4 is 15.9 Å². The van der Waals surface area contributed by atoms with Crippen LogP contribution in [0.15, 0.2) is 4.47 Å². The Balaban J connectivity index is 1.97. The molecule has 0 saturated carbocycles. The zero-order chi connectivity index (χ0) is 13.1. The summed E-state index contributed by atoms with van der Waals surface area (Å²) >= 11 is 3.68. The third-order valence-electron chi connectivity index (χ3n) is 3.62. The van der Waals surface area contributed by atoms with Crippen LogP contribution in [0.2, 0.25) is 0 Å². The van der Waals surface area contributed by atoms with E-state index < -0.39 is 0 Å². The lowest BCUT2D eigenvalue weighted by molar-refractivity contribution is 0.285. The smallest absolute Gasteiger partial charge is 0.0767 e. The Kier molecular flexibility index (Phi) is 4.81. The van der Waals surface area contributed by atoms with Crippen LogP contribution in [0.5, 0.6) is 0 Å². The number of likely N-dealkylation sites (N-methyl/N-ethyl adjacent to an activating group) is 1. The van der Waals surface area contributed by atoms with Crippen molar-refractivity contribution in [3.63, 3.8) is 0 Å². The highest BCUT2D eigenvalue weighted by Crippen LogP contribution is 2.22. The van der Waals surface area contributed by atoms with E-state index in [9.17, 15) is 0 Å². The number of nitrogens with one attached hydrogen (secondary N) is 1. The first-order chi connectivity index (χ1) is 8.61. The average molecular weight is 315 g/mol. The van der Waals surface area contributed by atoms with Crippen LogP contribution in [-0.4, -0.2) is 40.9 Å². The summed E-state index contributed by atoms with van der Waals surface area (Å²) in [4.78, 5) is 2.38. The second-order valence-corrected chi connectivity index (χ2v) is 5.97. The summed E-state index contributed by atoms with van der Waals surface area (Å²) < 4.78 is 3.18. The molecule has 1 atom stereocenters.